The third kappa shape index (κ3) is 3.53. The van der Waals surface area contributed by atoms with E-state index in [2.05, 4.69) is 86.6 Å². The molecule has 0 aliphatic rings. The highest BCUT2D eigenvalue weighted by atomic mass is 32.1. The lowest BCUT2D eigenvalue weighted by atomic mass is 10.1. The second kappa shape index (κ2) is 7.45. The van der Waals surface area contributed by atoms with Gasteiger partial charge in [0.05, 0.1) is 0 Å². The molecule has 0 nitrogen and oxygen atoms in total. The standard InChI is InChI=1S/C24H18S4/c1-15-3-9-21(25-15)23-13-11-19(27-23)17-5-7-18(8-6-17)20-12-14-24(28-20)22-10-4-16(2)26-22/h3-14H,1-2H3. The van der Waals surface area contributed by atoms with Gasteiger partial charge in [0, 0.05) is 39.0 Å². The zero-order valence-electron chi connectivity index (χ0n) is 15.6. The van der Waals surface area contributed by atoms with E-state index in [1.807, 2.05) is 45.3 Å². The average molecular weight is 435 g/mol. The van der Waals surface area contributed by atoms with Crippen molar-refractivity contribution in [1.82, 2.24) is 0 Å². The minimum Gasteiger partial charge on any atom is -0.140 e. The monoisotopic (exact) mass is 434 g/mol. The van der Waals surface area contributed by atoms with Crippen LogP contribution in [0.5, 0.6) is 0 Å². The fourth-order valence-electron chi connectivity index (χ4n) is 3.18. The van der Waals surface area contributed by atoms with Crippen molar-refractivity contribution in [2.75, 3.05) is 0 Å². The number of benzene rings is 1. The van der Waals surface area contributed by atoms with E-state index in [4.69, 9.17) is 0 Å². The maximum absolute atomic E-state index is 2.25. The molecule has 0 aliphatic carbocycles. The number of rotatable bonds is 4. The van der Waals surface area contributed by atoms with Crippen LogP contribution in [0.3, 0.4) is 0 Å². The van der Waals surface area contributed by atoms with Gasteiger partial charge >= 0.3 is 0 Å². The molecule has 138 valence electrons. The largest absolute Gasteiger partial charge is 0.140 e. The van der Waals surface area contributed by atoms with Gasteiger partial charge in [0.25, 0.3) is 0 Å². The van der Waals surface area contributed by atoms with Gasteiger partial charge in [-0.3, -0.25) is 0 Å². The van der Waals surface area contributed by atoms with Crippen LogP contribution in [0, 0.1) is 13.8 Å². The van der Waals surface area contributed by atoms with E-state index >= 15 is 0 Å². The van der Waals surface area contributed by atoms with Gasteiger partial charge in [0.1, 0.15) is 0 Å². The summed E-state index contributed by atoms with van der Waals surface area (Å²) >= 11 is 7.47. The van der Waals surface area contributed by atoms with Crippen LogP contribution < -0.4 is 0 Å². The first-order valence-corrected chi connectivity index (χ1v) is 12.4. The molecule has 0 amide bonds. The van der Waals surface area contributed by atoms with Gasteiger partial charge < -0.3 is 0 Å². The van der Waals surface area contributed by atoms with Gasteiger partial charge in [-0.1, -0.05) is 24.3 Å². The number of hydrogen-bond donors (Lipinski definition) is 0. The zero-order chi connectivity index (χ0) is 19.1. The number of aryl methyl sites for hydroxylation is 2. The minimum absolute atomic E-state index is 1.29. The molecule has 0 spiro atoms. The van der Waals surface area contributed by atoms with E-state index in [9.17, 15) is 0 Å². The maximum Gasteiger partial charge on any atom is 0.0449 e. The highest BCUT2D eigenvalue weighted by Crippen LogP contribution is 2.40. The third-order valence-corrected chi connectivity index (χ3v) is 9.29. The second-order valence-electron chi connectivity index (χ2n) is 6.73. The van der Waals surface area contributed by atoms with Crippen molar-refractivity contribution in [3.8, 4) is 40.4 Å². The third-order valence-electron chi connectivity index (χ3n) is 4.63. The molecule has 0 N–H and O–H groups in total. The molecule has 4 heterocycles. The Bertz CT molecular complexity index is 1130. The molecule has 5 aromatic rings. The maximum atomic E-state index is 2.25. The highest BCUT2D eigenvalue weighted by molar-refractivity contribution is 7.24. The topological polar surface area (TPSA) is 0 Å². The Hall–Kier alpha value is -1.98. The van der Waals surface area contributed by atoms with Gasteiger partial charge in [-0.15, -0.1) is 45.3 Å². The summed E-state index contributed by atoms with van der Waals surface area (Å²) in [4.78, 5) is 10.8. The lowest BCUT2D eigenvalue weighted by Crippen LogP contribution is -1.74. The van der Waals surface area contributed by atoms with Gasteiger partial charge in [-0.2, -0.15) is 0 Å². The second-order valence-corrected chi connectivity index (χ2v) is 11.5. The Morgan fingerprint density at radius 1 is 0.357 bits per heavy atom. The minimum atomic E-state index is 1.29. The fraction of sp³-hybridized carbons (Fsp3) is 0.0833. The number of thiophene rings is 4. The summed E-state index contributed by atoms with van der Waals surface area (Å²) < 4.78 is 0. The molecule has 0 saturated heterocycles. The van der Waals surface area contributed by atoms with Crippen molar-refractivity contribution >= 4 is 45.3 Å². The van der Waals surface area contributed by atoms with Crippen LogP contribution in [-0.4, -0.2) is 0 Å². The Balaban J connectivity index is 1.39. The molecule has 28 heavy (non-hydrogen) atoms. The Morgan fingerprint density at radius 2 is 0.679 bits per heavy atom. The van der Waals surface area contributed by atoms with Crippen molar-refractivity contribution in [1.29, 1.82) is 0 Å². The van der Waals surface area contributed by atoms with Crippen LogP contribution in [0.2, 0.25) is 0 Å². The molecule has 0 atom stereocenters. The van der Waals surface area contributed by atoms with Gasteiger partial charge in [-0.25, -0.2) is 0 Å². The van der Waals surface area contributed by atoms with E-state index in [-0.39, 0.29) is 0 Å². The molecule has 0 aliphatic heterocycles. The van der Waals surface area contributed by atoms with Crippen LogP contribution in [0.15, 0.2) is 72.8 Å². The lowest BCUT2D eigenvalue weighted by Gasteiger charge is -2.01. The Labute approximate surface area is 181 Å². The normalized spacial score (nSPS) is 11.2. The fourth-order valence-corrected chi connectivity index (χ4v) is 7.12. The van der Waals surface area contributed by atoms with E-state index in [1.54, 1.807) is 0 Å². The van der Waals surface area contributed by atoms with Gasteiger partial charge in [0.2, 0.25) is 0 Å². The molecule has 5 rings (SSSR count). The van der Waals surface area contributed by atoms with Crippen LogP contribution >= 0.6 is 45.3 Å². The van der Waals surface area contributed by atoms with E-state index in [0.29, 0.717) is 0 Å². The molecule has 0 saturated carbocycles. The van der Waals surface area contributed by atoms with Crippen molar-refractivity contribution < 1.29 is 0 Å². The summed E-state index contributed by atoms with van der Waals surface area (Å²) in [7, 11) is 0. The molecule has 0 radical (unpaired) electrons. The van der Waals surface area contributed by atoms with E-state index in [0.717, 1.165) is 0 Å². The van der Waals surface area contributed by atoms with Crippen LogP contribution in [0.1, 0.15) is 9.75 Å². The zero-order valence-corrected chi connectivity index (χ0v) is 18.8. The SMILES string of the molecule is Cc1ccc(-c2ccc(-c3ccc(-c4ccc(-c5ccc(C)s5)s4)cc3)s2)s1. The predicted molar refractivity (Wildman–Crippen MR) is 129 cm³/mol. The predicted octanol–water partition coefficient (Wildman–Crippen LogP) is 9.22. The summed E-state index contributed by atoms with van der Waals surface area (Å²) in [5, 5.41) is 0. The molecule has 4 heteroatoms. The van der Waals surface area contributed by atoms with Gasteiger partial charge in [0.15, 0.2) is 0 Å². The van der Waals surface area contributed by atoms with E-state index in [1.165, 1.54) is 50.1 Å². The van der Waals surface area contributed by atoms with Crippen molar-refractivity contribution in [3.63, 3.8) is 0 Å². The summed E-state index contributed by atoms with van der Waals surface area (Å²) in [5.74, 6) is 0. The van der Waals surface area contributed by atoms with E-state index < -0.39 is 0 Å². The Kier molecular flexibility index (Phi) is 4.81. The summed E-state index contributed by atoms with van der Waals surface area (Å²) in [6.45, 7) is 4.33. The number of hydrogen-bond acceptors (Lipinski definition) is 4. The molecule has 0 unspecified atom stereocenters. The molecule has 4 aromatic heterocycles. The van der Waals surface area contributed by atoms with Crippen molar-refractivity contribution in [2.45, 2.75) is 13.8 Å². The summed E-state index contributed by atoms with van der Waals surface area (Å²) in [6.07, 6.45) is 0. The average Bonchev–Trinajstić information content (AvgIpc) is 3.48. The van der Waals surface area contributed by atoms with Gasteiger partial charge in [-0.05, 0) is 73.5 Å². The van der Waals surface area contributed by atoms with Crippen molar-refractivity contribution in [3.05, 3.63) is 82.6 Å². The molecule has 0 fully saturated rings. The summed E-state index contributed by atoms with van der Waals surface area (Å²) in [5.41, 5.74) is 2.58. The molecular weight excluding hydrogens is 417 g/mol. The quantitative estimate of drug-likeness (QED) is 0.264. The van der Waals surface area contributed by atoms with Crippen LogP contribution in [-0.2, 0) is 0 Å². The first kappa shape index (κ1) is 18.1. The first-order valence-electron chi connectivity index (χ1n) is 9.10. The smallest absolute Gasteiger partial charge is 0.0449 e. The van der Waals surface area contributed by atoms with Crippen LogP contribution in [0.25, 0.3) is 40.4 Å². The molecular formula is C24H18S4. The lowest BCUT2D eigenvalue weighted by molar-refractivity contribution is 1.64. The first-order chi connectivity index (χ1) is 13.7. The highest BCUT2D eigenvalue weighted by Gasteiger charge is 2.09. The summed E-state index contributed by atoms with van der Waals surface area (Å²) in [6, 6.07) is 26.8. The molecule has 1 aromatic carbocycles. The van der Waals surface area contributed by atoms with Crippen LogP contribution in [0.4, 0.5) is 0 Å². The van der Waals surface area contributed by atoms with Crippen molar-refractivity contribution in [2.24, 2.45) is 0 Å². The Morgan fingerprint density at radius 3 is 1.04 bits per heavy atom. The molecule has 0 bridgehead atoms.